The van der Waals surface area contributed by atoms with Crippen molar-refractivity contribution in [2.24, 2.45) is 5.92 Å². The minimum absolute atomic E-state index is 1.02. The molecule has 1 saturated carbocycles. The highest BCUT2D eigenvalue weighted by Gasteiger charge is 2.41. The van der Waals surface area contributed by atoms with Crippen molar-refractivity contribution >= 4 is 7.28 Å². The molecule has 1 radical (unpaired) electrons. The molecule has 0 spiro atoms. The maximum absolute atomic E-state index is 2.52. The van der Waals surface area contributed by atoms with Gasteiger partial charge in [-0.3, -0.25) is 0 Å². The van der Waals surface area contributed by atoms with Crippen molar-refractivity contribution in [3.8, 4) is 0 Å². The molecule has 1 aliphatic carbocycles. The molecule has 0 aromatic heterocycles. The van der Waals surface area contributed by atoms with Crippen LogP contribution in [0.2, 0.25) is 11.6 Å². The standard InChI is InChI=1S/C7H12B/c1-5-2-3-6-7(4-5)8-6/h5-7H,2-4H2,1H3. The first kappa shape index (κ1) is 4.90. The van der Waals surface area contributed by atoms with Crippen LogP contribution >= 0.6 is 0 Å². The summed E-state index contributed by atoms with van der Waals surface area (Å²) in [4.78, 5) is 0. The predicted octanol–water partition coefficient (Wildman–Crippen LogP) is 2.10. The summed E-state index contributed by atoms with van der Waals surface area (Å²) in [6.07, 6.45) is 4.47. The fourth-order valence-corrected chi connectivity index (χ4v) is 1.88. The van der Waals surface area contributed by atoms with Gasteiger partial charge < -0.3 is 0 Å². The monoisotopic (exact) mass is 107 g/mol. The van der Waals surface area contributed by atoms with Gasteiger partial charge in [-0.25, -0.2) is 0 Å². The number of fused-ring (bicyclic) bond motifs is 1. The Balaban J connectivity index is 1.93. The van der Waals surface area contributed by atoms with E-state index in [1.165, 1.54) is 19.3 Å². The summed E-state index contributed by atoms with van der Waals surface area (Å²) in [5, 5.41) is 0. The summed E-state index contributed by atoms with van der Waals surface area (Å²) in [5.41, 5.74) is 0. The zero-order chi connectivity index (χ0) is 5.56. The van der Waals surface area contributed by atoms with Gasteiger partial charge in [0.2, 0.25) is 0 Å². The number of rotatable bonds is 0. The molecule has 8 heavy (non-hydrogen) atoms. The van der Waals surface area contributed by atoms with Crippen molar-refractivity contribution in [1.82, 2.24) is 0 Å². The molecule has 3 atom stereocenters. The van der Waals surface area contributed by atoms with Gasteiger partial charge in [0.1, 0.15) is 7.28 Å². The van der Waals surface area contributed by atoms with Crippen molar-refractivity contribution in [3.63, 3.8) is 0 Å². The molecule has 2 fully saturated rings. The molecule has 1 aliphatic heterocycles. The van der Waals surface area contributed by atoms with E-state index in [1.54, 1.807) is 0 Å². The lowest BCUT2D eigenvalue weighted by Gasteiger charge is -2.16. The molecule has 3 unspecified atom stereocenters. The molecule has 0 nitrogen and oxygen atoms in total. The van der Waals surface area contributed by atoms with Crippen LogP contribution < -0.4 is 0 Å². The number of hydrogen-bond donors (Lipinski definition) is 0. The van der Waals surface area contributed by atoms with Crippen molar-refractivity contribution < 1.29 is 0 Å². The quantitative estimate of drug-likeness (QED) is 0.416. The lowest BCUT2D eigenvalue weighted by molar-refractivity contribution is 0.423. The van der Waals surface area contributed by atoms with Crippen LogP contribution in [0, 0.1) is 5.92 Å². The fraction of sp³-hybridized carbons (Fsp3) is 1.00. The lowest BCUT2D eigenvalue weighted by atomic mass is 9.91. The van der Waals surface area contributed by atoms with Crippen LogP contribution in [0.4, 0.5) is 0 Å². The summed E-state index contributed by atoms with van der Waals surface area (Å²) >= 11 is 0. The Morgan fingerprint density at radius 1 is 1.25 bits per heavy atom. The van der Waals surface area contributed by atoms with E-state index in [0.29, 0.717) is 0 Å². The first-order valence-electron chi connectivity index (χ1n) is 3.71. The lowest BCUT2D eigenvalue weighted by Crippen LogP contribution is -1.98. The maximum Gasteiger partial charge on any atom is 0.116 e. The van der Waals surface area contributed by atoms with E-state index < -0.39 is 0 Å². The zero-order valence-electron chi connectivity index (χ0n) is 5.43. The summed E-state index contributed by atoms with van der Waals surface area (Å²) in [5.74, 6) is 3.14. The molecule has 0 amide bonds. The third-order valence-electron chi connectivity index (χ3n) is 2.57. The van der Waals surface area contributed by atoms with Crippen LogP contribution in [0.3, 0.4) is 0 Å². The van der Waals surface area contributed by atoms with Crippen LogP contribution in [0.1, 0.15) is 26.2 Å². The van der Waals surface area contributed by atoms with Gasteiger partial charge in [-0.1, -0.05) is 37.8 Å². The summed E-state index contributed by atoms with van der Waals surface area (Å²) in [6, 6.07) is 0. The van der Waals surface area contributed by atoms with Gasteiger partial charge in [-0.15, -0.1) is 0 Å². The summed E-state index contributed by atoms with van der Waals surface area (Å²) in [6.45, 7) is 2.38. The average molecular weight is 107 g/mol. The molecule has 1 saturated heterocycles. The minimum atomic E-state index is 1.02. The van der Waals surface area contributed by atoms with E-state index in [0.717, 1.165) is 17.6 Å². The summed E-state index contributed by atoms with van der Waals surface area (Å²) in [7, 11) is 2.52. The highest BCUT2D eigenvalue weighted by atomic mass is 14.3. The molecule has 0 aromatic carbocycles. The molecule has 43 valence electrons. The second kappa shape index (κ2) is 1.52. The van der Waals surface area contributed by atoms with Crippen molar-refractivity contribution in [2.45, 2.75) is 37.8 Å². The Kier molecular flexibility index (Phi) is 0.932. The van der Waals surface area contributed by atoms with Gasteiger partial charge in [0.05, 0.1) is 0 Å². The maximum atomic E-state index is 2.52. The molecule has 0 N–H and O–H groups in total. The highest BCUT2D eigenvalue weighted by molar-refractivity contribution is 6.53. The summed E-state index contributed by atoms with van der Waals surface area (Å²) < 4.78 is 0. The molecule has 0 aromatic rings. The third-order valence-corrected chi connectivity index (χ3v) is 2.57. The van der Waals surface area contributed by atoms with Gasteiger partial charge in [0.25, 0.3) is 0 Å². The van der Waals surface area contributed by atoms with Crippen LogP contribution in [0.5, 0.6) is 0 Å². The van der Waals surface area contributed by atoms with E-state index >= 15 is 0 Å². The average Bonchev–Trinajstić information content (AvgIpc) is 2.43. The normalized spacial score (nSPS) is 51.9. The number of hydrogen-bond acceptors (Lipinski definition) is 0. The molecule has 1 heterocycles. The molecular formula is C7H12B. The molecular weight excluding hydrogens is 94.9 g/mol. The Hall–Kier alpha value is 0.0649. The first-order valence-corrected chi connectivity index (χ1v) is 3.71. The van der Waals surface area contributed by atoms with Crippen molar-refractivity contribution in [1.29, 1.82) is 0 Å². The highest BCUT2D eigenvalue weighted by Crippen LogP contribution is 2.54. The second-order valence-corrected chi connectivity index (χ2v) is 3.44. The minimum Gasteiger partial charge on any atom is -0.0727 e. The first-order chi connectivity index (χ1) is 3.86. The largest absolute Gasteiger partial charge is 0.116 e. The Labute approximate surface area is 51.9 Å². The van der Waals surface area contributed by atoms with Crippen LogP contribution in [0.15, 0.2) is 0 Å². The second-order valence-electron chi connectivity index (χ2n) is 3.44. The topological polar surface area (TPSA) is 0 Å². The molecule has 2 rings (SSSR count). The Bertz CT molecular complexity index is 101. The van der Waals surface area contributed by atoms with E-state index in [-0.39, 0.29) is 0 Å². The molecule has 2 aliphatic rings. The van der Waals surface area contributed by atoms with Gasteiger partial charge in [0, 0.05) is 0 Å². The SMILES string of the molecule is CC1CCC2[B]C2C1. The zero-order valence-corrected chi connectivity index (χ0v) is 5.43. The predicted molar refractivity (Wildman–Crippen MR) is 36.3 cm³/mol. The van der Waals surface area contributed by atoms with E-state index in [1.807, 2.05) is 0 Å². The van der Waals surface area contributed by atoms with Crippen molar-refractivity contribution in [2.75, 3.05) is 0 Å². The third kappa shape index (κ3) is 0.686. The molecule has 0 bridgehead atoms. The van der Waals surface area contributed by atoms with Crippen LogP contribution in [-0.4, -0.2) is 7.28 Å². The van der Waals surface area contributed by atoms with E-state index in [9.17, 15) is 0 Å². The van der Waals surface area contributed by atoms with Gasteiger partial charge in [-0.05, 0) is 5.92 Å². The van der Waals surface area contributed by atoms with Gasteiger partial charge in [-0.2, -0.15) is 0 Å². The van der Waals surface area contributed by atoms with E-state index in [2.05, 4.69) is 14.2 Å². The van der Waals surface area contributed by atoms with Gasteiger partial charge >= 0.3 is 0 Å². The van der Waals surface area contributed by atoms with Gasteiger partial charge in [0.15, 0.2) is 0 Å². The van der Waals surface area contributed by atoms with Crippen LogP contribution in [-0.2, 0) is 0 Å². The van der Waals surface area contributed by atoms with Crippen molar-refractivity contribution in [3.05, 3.63) is 0 Å². The van der Waals surface area contributed by atoms with Crippen LogP contribution in [0.25, 0.3) is 0 Å². The Morgan fingerprint density at radius 3 is 2.75 bits per heavy atom. The fourth-order valence-electron chi connectivity index (χ4n) is 1.88. The van der Waals surface area contributed by atoms with E-state index in [4.69, 9.17) is 0 Å². The molecule has 1 heteroatoms. The smallest absolute Gasteiger partial charge is 0.0727 e. The Morgan fingerprint density at radius 2 is 2.12 bits per heavy atom.